The van der Waals surface area contributed by atoms with Crippen LogP contribution < -0.4 is 0 Å². The largest absolute Gasteiger partial charge is 0.378 e. The zero-order chi connectivity index (χ0) is 16.1. The Labute approximate surface area is 131 Å². The van der Waals surface area contributed by atoms with Crippen LogP contribution in [0, 0.1) is 11.8 Å². The molecule has 0 aliphatic heterocycles. The van der Waals surface area contributed by atoms with Gasteiger partial charge in [-0.2, -0.15) is 0 Å². The van der Waals surface area contributed by atoms with Gasteiger partial charge in [-0.05, 0) is 50.4 Å². The first-order valence-electron chi connectivity index (χ1n) is 8.65. The molecule has 2 nitrogen and oxygen atoms in total. The third-order valence-corrected chi connectivity index (χ3v) is 5.34. The van der Waals surface area contributed by atoms with E-state index < -0.39 is 24.6 Å². The van der Waals surface area contributed by atoms with E-state index in [4.69, 9.17) is 9.47 Å². The predicted octanol–water partition coefficient (Wildman–Crippen LogP) is 4.41. The Kier molecular flexibility index (Phi) is 7.00. The average molecular weight is 322 g/mol. The summed E-state index contributed by atoms with van der Waals surface area (Å²) >= 11 is 0. The molecule has 0 N–H and O–H groups in total. The summed E-state index contributed by atoms with van der Waals surface area (Å²) in [5, 5.41) is 0. The standard InChI is InChI=1S/C17H29F3O2/c1-3-4-9-22-14-7-5-11(10-13(14)18)12-6-8-15(21-2)17(20)16(12)19/h11-17H,3-10H2,1-2H3. The summed E-state index contributed by atoms with van der Waals surface area (Å²) in [5.41, 5.74) is 0. The van der Waals surface area contributed by atoms with Crippen LogP contribution in [0.1, 0.15) is 51.9 Å². The van der Waals surface area contributed by atoms with Gasteiger partial charge in [-0.15, -0.1) is 0 Å². The Balaban J connectivity index is 1.85. The minimum Gasteiger partial charge on any atom is -0.378 e. The maximum atomic E-state index is 14.3. The molecule has 0 heterocycles. The van der Waals surface area contributed by atoms with Gasteiger partial charge in [-0.3, -0.25) is 0 Å². The number of halogens is 3. The summed E-state index contributed by atoms with van der Waals surface area (Å²) < 4.78 is 53.2. The minimum atomic E-state index is -1.58. The van der Waals surface area contributed by atoms with Crippen molar-refractivity contribution in [1.29, 1.82) is 0 Å². The summed E-state index contributed by atoms with van der Waals surface area (Å²) in [4.78, 5) is 0. The molecule has 0 spiro atoms. The quantitative estimate of drug-likeness (QED) is 0.674. The molecule has 0 aromatic heterocycles. The van der Waals surface area contributed by atoms with Crippen molar-refractivity contribution in [3.8, 4) is 0 Å². The van der Waals surface area contributed by atoms with E-state index in [0.717, 1.165) is 19.3 Å². The van der Waals surface area contributed by atoms with Gasteiger partial charge in [0.25, 0.3) is 0 Å². The molecule has 130 valence electrons. The fourth-order valence-corrected chi connectivity index (χ4v) is 3.93. The molecule has 2 saturated carbocycles. The Morgan fingerprint density at radius 3 is 2.32 bits per heavy atom. The average Bonchev–Trinajstić information content (AvgIpc) is 2.52. The molecule has 5 heteroatoms. The molecule has 0 radical (unpaired) electrons. The summed E-state index contributed by atoms with van der Waals surface area (Å²) in [5.74, 6) is -0.455. The van der Waals surface area contributed by atoms with E-state index in [9.17, 15) is 13.2 Å². The number of rotatable bonds is 6. The Morgan fingerprint density at radius 2 is 1.68 bits per heavy atom. The number of methoxy groups -OCH3 is 1. The molecule has 0 aromatic carbocycles. The third-order valence-electron chi connectivity index (χ3n) is 5.34. The predicted molar refractivity (Wildman–Crippen MR) is 80.2 cm³/mol. The topological polar surface area (TPSA) is 18.5 Å². The van der Waals surface area contributed by atoms with Crippen molar-refractivity contribution in [2.24, 2.45) is 11.8 Å². The summed E-state index contributed by atoms with van der Waals surface area (Å²) in [6.07, 6.45) is -0.484. The zero-order valence-corrected chi connectivity index (χ0v) is 13.6. The molecule has 7 atom stereocenters. The smallest absolute Gasteiger partial charge is 0.157 e. The molecule has 2 rings (SSSR count). The van der Waals surface area contributed by atoms with Crippen LogP contribution in [0.15, 0.2) is 0 Å². The first kappa shape index (κ1) is 18.1. The zero-order valence-electron chi connectivity index (χ0n) is 13.6. The van der Waals surface area contributed by atoms with Crippen molar-refractivity contribution in [1.82, 2.24) is 0 Å². The van der Waals surface area contributed by atoms with E-state index in [0.29, 0.717) is 32.3 Å². The fourth-order valence-electron chi connectivity index (χ4n) is 3.93. The molecule has 2 aliphatic rings. The first-order valence-corrected chi connectivity index (χ1v) is 8.65. The fraction of sp³-hybridized carbons (Fsp3) is 1.00. The van der Waals surface area contributed by atoms with Crippen molar-refractivity contribution in [2.45, 2.75) is 82.6 Å². The maximum absolute atomic E-state index is 14.3. The molecule has 2 aliphatic carbocycles. The number of unbranched alkanes of at least 4 members (excludes halogenated alkanes) is 1. The highest BCUT2D eigenvalue weighted by Gasteiger charge is 2.45. The van der Waals surface area contributed by atoms with E-state index in [-0.39, 0.29) is 17.9 Å². The Hall–Kier alpha value is -0.290. The SMILES string of the molecule is CCCCOC1CCC(C2CCC(OC)C(F)C2F)CC1F. The maximum Gasteiger partial charge on any atom is 0.157 e. The number of ether oxygens (including phenoxy) is 2. The molecule has 22 heavy (non-hydrogen) atoms. The van der Waals surface area contributed by atoms with Crippen LogP contribution >= 0.6 is 0 Å². The van der Waals surface area contributed by atoms with Gasteiger partial charge in [0.05, 0.1) is 12.2 Å². The van der Waals surface area contributed by atoms with Crippen LogP contribution in [0.2, 0.25) is 0 Å². The lowest BCUT2D eigenvalue weighted by Gasteiger charge is -2.41. The van der Waals surface area contributed by atoms with Crippen molar-refractivity contribution in [3.05, 3.63) is 0 Å². The third kappa shape index (κ3) is 4.16. The molecule has 0 saturated heterocycles. The van der Waals surface area contributed by atoms with E-state index in [1.165, 1.54) is 7.11 Å². The monoisotopic (exact) mass is 322 g/mol. The highest BCUT2D eigenvalue weighted by atomic mass is 19.2. The molecule has 2 fully saturated rings. The lowest BCUT2D eigenvalue weighted by atomic mass is 9.70. The van der Waals surface area contributed by atoms with E-state index >= 15 is 0 Å². The highest BCUT2D eigenvalue weighted by molar-refractivity contribution is 4.94. The molecule has 0 aromatic rings. The molecule has 0 amide bonds. The van der Waals surface area contributed by atoms with Crippen LogP contribution in [0.4, 0.5) is 13.2 Å². The van der Waals surface area contributed by atoms with Crippen LogP contribution in [-0.4, -0.2) is 44.4 Å². The van der Waals surface area contributed by atoms with Crippen LogP contribution in [0.5, 0.6) is 0 Å². The van der Waals surface area contributed by atoms with Crippen molar-refractivity contribution < 1.29 is 22.6 Å². The Morgan fingerprint density at radius 1 is 0.955 bits per heavy atom. The molecular formula is C17H29F3O2. The van der Waals surface area contributed by atoms with E-state index in [1.807, 2.05) is 0 Å². The second-order valence-corrected chi connectivity index (χ2v) is 6.76. The van der Waals surface area contributed by atoms with E-state index in [1.54, 1.807) is 0 Å². The summed E-state index contributed by atoms with van der Waals surface area (Å²) in [7, 11) is 1.42. The van der Waals surface area contributed by atoms with Gasteiger partial charge in [0, 0.05) is 13.7 Å². The lowest BCUT2D eigenvalue weighted by Crippen LogP contribution is -2.47. The van der Waals surface area contributed by atoms with Crippen LogP contribution in [0.3, 0.4) is 0 Å². The van der Waals surface area contributed by atoms with Gasteiger partial charge in [0.1, 0.15) is 12.3 Å². The van der Waals surface area contributed by atoms with Crippen LogP contribution in [0.25, 0.3) is 0 Å². The minimum absolute atomic E-state index is 0.0768. The normalized spacial score (nSPS) is 43.2. The van der Waals surface area contributed by atoms with Gasteiger partial charge >= 0.3 is 0 Å². The Bertz CT molecular complexity index is 329. The van der Waals surface area contributed by atoms with Crippen molar-refractivity contribution in [3.63, 3.8) is 0 Å². The van der Waals surface area contributed by atoms with Crippen molar-refractivity contribution in [2.75, 3.05) is 13.7 Å². The van der Waals surface area contributed by atoms with Gasteiger partial charge in [0.2, 0.25) is 0 Å². The van der Waals surface area contributed by atoms with Gasteiger partial charge in [0.15, 0.2) is 6.17 Å². The van der Waals surface area contributed by atoms with Gasteiger partial charge < -0.3 is 9.47 Å². The van der Waals surface area contributed by atoms with E-state index in [2.05, 4.69) is 6.92 Å². The molecule has 7 unspecified atom stereocenters. The molecular weight excluding hydrogens is 293 g/mol. The number of hydrogen-bond donors (Lipinski definition) is 0. The van der Waals surface area contributed by atoms with Crippen LogP contribution in [-0.2, 0) is 9.47 Å². The van der Waals surface area contributed by atoms with Crippen molar-refractivity contribution >= 4 is 0 Å². The lowest BCUT2D eigenvalue weighted by molar-refractivity contribution is -0.0893. The number of hydrogen-bond acceptors (Lipinski definition) is 2. The first-order chi connectivity index (χ1) is 10.6. The summed E-state index contributed by atoms with van der Waals surface area (Å²) in [6, 6.07) is 0. The highest BCUT2D eigenvalue weighted by Crippen LogP contribution is 2.42. The van der Waals surface area contributed by atoms with Gasteiger partial charge in [-0.1, -0.05) is 13.3 Å². The van der Waals surface area contributed by atoms with Gasteiger partial charge in [-0.25, -0.2) is 13.2 Å². The molecule has 0 bridgehead atoms. The second-order valence-electron chi connectivity index (χ2n) is 6.76. The summed E-state index contributed by atoms with van der Waals surface area (Å²) in [6.45, 7) is 2.65. The second kappa shape index (κ2) is 8.53. The number of alkyl halides is 3.